The fourth-order valence-electron chi connectivity index (χ4n) is 1.73. The zero-order chi connectivity index (χ0) is 10.8. The third-order valence-electron chi connectivity index (χ3n) is 2.35. The number of aldehydes is 1. The fraction of sp³-hybridized carbons (Fsp3) is 0.167. The molecule has 3 heteroatoms. The lowest BCUT2D eigenvalue weighted by Gasteiger charge is -2.16. The van der Waals surface area contributed by atoms with E-state index in [-0.39, 0.29) is 0 Å². The summed E-state index contributed by atoms with van der Waals surface area (Å²) in [5.41, 5.74) is 2.46. The number of aromatic nitrogens is 1. The summed E-state index contributed by atoms with van der Waals surface area (Å²) in [5.74, 6) is 0. The molecular weight excluding hydrogens is 188 g/mol. The summed E-state index contributed by atoms with van der Waals surface area (Å²) in [6.45, 7) is 0. The van der Waals surface area contributed by atoms with E-state index in [4.69, 9.17) is 0 Å². The Morgan fingerprint density at radius 3 is 2.67 bits per heavy atom. The molecule has 0 bridgehead atoms. The number of carbonyl (C=O) groups is 1. The Bertz CT molecular complexity index is 506. The Balaban J connectivity index is 2.84. The molecule has 0 spiro atoms. The van der Waals surface area contributed by atoms with Crippen molar-refractivity contribution in [3.63, 3.8) is 0 Å². The van der Waals surface area contributed by atoms with Gasteiger partial charge < -0.3 is 4.90 Å². The van der Waals surface area contributed by atoms with E-state index in [2.05, 4.69) is 4.98 Å². The molecule has 1 aromatic carbocycles. The SMILES string of the molecule is CN(C)c1c(C=O)cnc2ccccc12. The highest BCUT2D eigenvalue weighted by Gasteiger charge is 2.09. The number of para-hydroxylation sites is 1. The first-order valence-corrected chi connectivity index (χ1v) is 4.74. The Labute approximate surface area is 88.3 Å². The first-order chi connectivity index (χ1) is 7.24. The van der Waals surface area contributed by atoms with Crippen LogP contribution in [-0.4, -0.2) is 25.4 Å². The molecular formula is C12H12N2O. The summed E-state index contributed by atoms with van der Waals surface area (Å²) in [6.07, 6.45) is 2.46. The number of hydrogen-bond donors (Lipinski definition) is 0. The average Bonchev–Trinajstić information content (AvgIpc) is 2.27. The smallest absolute Gasteiger partial charge is 0.153 e. The number of fused-ring (bicyclic) bond motifs is 1. The van der Waals surface area contributed by atoms with Crippen LogP contribution in [0.3, 0.4) is 0 Å². The quantitative estimate of drug-likeness (QED) is 0.696. The molecule has 3 nitrogen and oxygen atoms in total. The van der Waals surface area contributed by atoms with Gasteiger partial charge in [0.1, 0.15) is 0 Å². The van der Waals surface area contributed by atoms with E-state index in [1.165, 1.54) is 0 Å². The highest BCUT2D eigenvalue weighted by atomic mass is 16.1. The molecule has 0 amide bonds. The van der Waals surface area contributed by atoms with Crippen LogP contribution in [0.1, 0.15) is 10.4 Å². The molecule has 1 heterocycles. The van der Waals surface area contributed by atoms with Crippen LogP contribution in [0.15, 0.2) is 30.5 Å². The van der Waals surface area contributed by atoms with Gasteiger partial charge in [0, 0.05) is 25.7 Å². The third-order valence-corrected chi connectivity index (χ3v) is 2.35. The molecule has 0 aliphatic rings. The second kappa shape index (κ2) is 3.69. The summed E-state index contributed by atoms with van der Waals surface area (Å²) in [7, 11) is 3.85. The van der Waals surface area contributed by atoms with Crippen LogP contribution in [0.4, 0.5) is 5.69 Å². The zero-order valence-corrected chi connectivity index (χ0v) is 8.77. The Morgan fingerprint density at radius 1 is 1.27 bits per heavy atom. The van der Waals surface area contributed by atoms with Crippen LogP contribution in [0.5, 0.6) is 0 Å². The first-order valence-electron chi connectivity index (χ1n) is 4.74. The van der Waals surface area contributed by atoms with Crippen molar-refractivity contribution < 1.29 is 4.79 Å². The van der Waals surface area contributed by atoms with Crippen LogP contribution < -0.4 is 4.90 Å². The van der Waals surface area contributed by atoms with Crippen molar-refractivity contribution in [2.75, 3.05) is 19.0 Å². The Hall–Kier alpha value is -1.90. The van der Waals surface area contributed by atoms with Gasteiger partial charge in [-0.2, -0.15) is 0 Å². The van der Waals surface area contributed by atoms with E-state index in [0.717, 1.165) is 22.9 Å². The molecule has 2 aromatic rings. The molecule has 15 heavy (non-hydrogen) atoms. The Kier molecular flexibility index (Phi) is 2.37. The van der Waals surface area contributed by atoms with Gasteiger partial charge in [0.05, 0.1) is 16.8 Å². The van der Waals surface area contributed by atoms with Gasteiger partial charge in [-0.3, -0.25) is 9.78 Å². The van der Waals surface area contributed by atoms with Crippen LogP contribution in [0, 0.1) is 0 Å². The van der Waals surface area contributed by atoms with Crippen LogP contribution in [0.2, 0.25) is 0 Å². The summed E-state index contributed by atoms with van der Waals surface area (Å²) >= 11 is 0. The minimum Gasteiger partial charge on any atom is -0.376 e. The van der Waals surface area contributed by atoms with Gasteiger partial charge in [-0.1, -0.05) is 18.2 Å². The number of hydrogen-bond acceptors (Lipinski definition) is 3. The van der Waals surface area contributed by atoms with Crippen molar-refractivity contribution in [3.05, 3.63) is 36.0 Å². The minimum absolute atomic E-state index is 0.624. The molecule has 1 aromatic heterocycles. The summed E-state index contributed by atoms with van der Waals surface area (Å²) < 4.78 is 0. The van der Waals surface area contributed by atoms with E-state index in [1.807, 2.05) is 43.3 Å². The van der Waals surface area contributed by atoms with E-state index >= 15 is 0 Å². The molecule has 0 fully saturated rings. The lowest BCUT2D eigenvalue weighted by molar-refractivity contribution is 0.112. The molecule has 0 aliphatic carbocycles. The van der Waals surface area contributed by atoms with Crippen molar-refractivity contribution in [3.8, 4) is 0 Å². The molecule has 0 unspecified atom stereocenters. The standard InChI is InChI=1S/C12H12N2O/c1-14(2)12-9(8-15)7-13-11-6-4-3-5-10(11)12/h3-8H,1-2H3. The molecule has 0 N–H and O–H groups in total. The van der Waals surface area contributed by atoms with E-state index in [1.54, 1.807) is 6.20 Å². The second-order valence-corrected chi connectivity index (χ2v) is 3.59. The normalized spacial score (nSPS) is 10.3. The maximum Gasteiger partial charge on any atom is 0.153 e. The lowest BCUT2D eigenvalue weighted by atomic mass is 10.1. The van der Waals surface area contributed by atoms with Crippen molar-refractivity contribution >= 4 is 22.9 Å². The number of benzene rings is 1. The van der Waals surface area contributed by atoms with Crippen LogP contribution in [-0.2, 0) is 0 Å². The third kappa shape index (κ3) is 1.56. The number of pyridine rings is 1. The predicted octanol–water partition coefficient (Wildman–Crippen LogP) is 2.11. The van der Waals surface area contributed by atoms with Gasteiger partial charge in [-0.25, -0.2) is 0 Å². The van der Waals surface area contributed by atoms with Crippen molar-refractivity contribution in [1.82, 2.24) is 4.98 Å². The maximum absolute atomic E-state index is 10.9. The highest BCUT2D eigenvalue weighted by molar-refractivity contribution is 6.00. The second-order valence-electron chi connectivity index (χ2n) is 3.59. The first kappa shape index (κ1) is 9.65. The van der Waals surface area contributed by atoms with Gasteiger partial charge in [0.2, 0.25) is 0 Å². The molecule has 0 saturated heterocycles. The predicted molar refractivity (Wildman–Crippen MR) is 61.5 cm³/mol. The van der Waals surface area contributed by atoms with Crippen molar-refractivity contribution in [1.29, 1.82) is 0 Å². The van der Waals surface area contributed by atoms with Crippen LogP contribution >= 0.6 is 0 Å². The summed E-state index contributed by atoms with van der Waals surface area (Å²) in [5, 5.41) is 1.01. The number of anilines is 1. The number of nitrogens with zero attached hydrogens (tertiary/aromatic N) is 2. The average molecular weight is 200 g/mol. The molecule has 0 atom stereocenters. The van der Waals surface area contributed by atoms with Gasteiger partial charge in [-0.05, 0) is 6.07 Å². The van der Waals surface area contributed by atoms with Gasteiger partial charge in [0.25, 0.3) is 0 Å². The molecule has 76 valence electrons. The van der Waals surface area contributed by atoms with Crippen molar-refractivity contribution in [2.24, 2.45) is 0 Å². The Morgan fingerprint density at radius 2 is 2.00 bits per heavy atom. The summed E-state index contributed by atoms with van der Waals surface area (Å²) in [4.78, 5) is 17.1. The van der Waals surface area contributed by atoms with E-state index in [9.17, 15) is 4.79 Å². The monoisotopic (exact) mass is 200 g/mol. The zero-order valence-electron chi connectivity index (χ0n) is 8.77. The minimum atomic E-state index is 0.624. The number of carbonyl (C=O) groups excluding carboxylic acids is 1. The fourth-order valence-corrected chi connectivity index (χ4v) is 1.73. The highest BCUT2D eigenvalue weighted by Crippen LogP contribution is 2.26. The topological polar surface area (TPSA) is 33.2 Å². The lowest BCUT2D eigenvalue weighted by Crippen LogP contribution is -2.12. The van der Waals surface area contributed by atoms with Gasteiger partial charge in [-0.15, -0.1) is 0 Å². The van der Waals surface area contributed by atoms with Gasteiger partial charge in [0.15, 0.2) is 6.29 Å². The molecule has 0 radical (unpaired) electrons. The number of rotatable bonds is 2. The van der Waals surface area contributed by atoms with Gasteiger partial charge >= 0.3 is 0 Å². The molecule has 0 aliphatic heterocycles. The van der Waals surface area contributed by atoms with E-state index < -0.39 is 0 Å². The van der Waals surface area contributed by atoms with E-state index in [0.29, 0.717) is 5.56 Å². The molecule has 0 saturated carbocycles. The van der Waals surface area contributed by atoms with Crippen molar-refractivity contribution in [2.45, 2.75) is 0 Å². The summed E-state index contributed by atoms with van der Waals surface area (Å²) in [6, 6.07) is 7.81. The largest absolute Gasteiger partial charge is 0.376 e. The molecule has 2 rings (SSSR count). The van der Waals surface area contributed by atoms with Crippen LogP contribution in [0.25, 0.3) is 10.9 Å². The maximum atomic E-state index is 10.9.